The summed E-state index contributed by atoms with van der Waals surface area (Å²) in [4.78, 5) is 35.2. The molecule has 0 aliphatic carbocycles. The number of amides is 2. The van der Waals surface area contributed by atoms with Crippen LogP contribution in [0.3, 0.4) is 0 Å². The molecule has 1 aromatic heterocycles. The average molecular weight is 481 g/mol. The van der Waals surface area contributed by atoms with Crippen LogP contribution in [0.5, 0.6) is 0 Å². The number of aromatic nitrogens is 1. The third-order valence-corrected chi connectivity index (χ3v) is 6.39. The number of piperazine rings is 1. The van der Waals surface area contributed by atoms with Gasteiger partial charge >= 0.3 is 6.18 Å². The Labute approximate surface area is 194 Å². The van der Waals surface area contributed by atoms with Crippen LogP contribution in [0.4, 0.5) is 19.0 Å². The number of anilines is 1. The Hall–Kier alpha value is -2.81. The van der Waals surface area contributed by atoms with Crippen LogP contribution in [0, 0.1) is 5.92 Å². The molecule has 1 atom stereocenters. The largest absolute Gasteiger partial charge is 0.417 e. The summed E-state index contributed by atoms with van der Waals surface area (Å²) < 4.78 is 38.2. The molecule has 2 saturated heterocycles. The molecule has 2 fully saturated rings. The van der Waals surface area contributed by atoms with Gasteiger partial charge in [-0.1, -0.05) is 11.6 Å². The van der Waals surface area contributed by atoms with E-state index in [2.05, 4.69) is 4.98 Å². The first-order valence-corrected chi connectivity index (χ1v) is 11.2. The van der Waals surface area contributed by atoms with Gasteiger partial charge in [0.2, 0.25) is 5.91 Å². The van der Waals surface area contributed by atoms with Gasteiger partial charge in [0, 0.05) is 56.1 Å². The van der Waals surface area contributed by atoms with Crippen molar-refractivity contribution in [2.45, 2.75) is 19.0 Å². The molecule has 10 heteroatoms. The predicted octanol–water partition coefficient (Wildman–Crippen LogP) is 3.95. The average Bonchev–Trinajstić information content (AvgIpc) is 2.83. The van der Waals surface area contributed by atoms with Crippen LogP contribution in [0.25, 0.3) is 0 Å². The minimum Gasteiger partial charge on any atom is -0.353 e. The smallest absolute Gasteiger partial charge is 0.353 e. The monoisotopic (exact) mass is 480 g/mol. The second-order valence-corrected chi connectivity index (χ2v) is 8.75. The number of hydrogen-bond acceptors (Lipinski definition) is 4. The van der Waals surface area contributed by atoms with E-state index >= 15 is 0 Å². The Morgan fingerprint density at radius 3 is 2.24 bits per heavy atom. The third kappa shape index (κ3) is 5.40. The first kappa shape index (κ1) is 23.4. The quantitative estimate of drug-likeness (QED) is 0.667. The topological polar surface area (TPSA) is 56.8 Å². The molecular weight excluding hydrogens is 457 g/mol. The molecule has 33 heavy (non-hydrogen) atoms. The van der Waals surface area contributed by atoms with E-state index in [-0.39, 0.29) is 17.7 Å². The van der Waals surface area contributed by atoms with Gasteiger partial charge in [-0.25, -0.2) is 4.98 Å². The number of rotatable bonds is 3. The normalized spacial score (nSPS) is 19.5. The summed E-state index contributed by atoms with van der Waals surface area (Å²) in [5.41, 5.74) is -0.236. The zero-order valence-electron chi connectivity index (χ0n) is 17.9. The number of alkyl halides is 3. The molecular formula is C23H24ClF3N4O2. The lowest BCUT2D eigenvalue weighted by atomic mass is 9.95. The van der Waals surface area contributed by atoms with Gasteiger partial charge in [0.15, 0.2) is 0 Å². The standard InChI is InChI=1S/C23H24ClF3N4O2/c24-19-6-3-16(4-7-19)21(32)31-9-1-2-17(15-31)22(33)30-12-10-29(11-13-30)20-8-5-18(14-28-20)23(25,26)27/h3-8,14,17H,1-2,9-13,15H2/t17-/m1/s1. The molecule has 3 heterocycles. The van der Waals surface area contributed by atoms with Crippen LogP contribution in [-0.2, 0) is 11.0 Å². The molecule has 6 nitrogen and oxygen atoms in total. The number of carbonyl (C=O) groups excluding carboxylic acids is 2. The molecule has 0 spiro atoms. The number of likely N-dealkylation sites (tertiary alicyclic amines) is 1. The Kier molecular flexibility index (Phi) is 6.78. The van der Waals surface area contributed by atoms with E-state index in [1.807, 2.05) is 4.90 Å². The van der Waals surface area contributed by atoms with Crippen LogP contribution in [0.2, 0.25) is 5.02 Å². The lowest BCUT2D eigenvalue weighted by molar-refractivity contribution is -0.138. The zero-order valence-corrected chi connectivity index (χ0v) is 18.6. The molecule has 0 bridgehead atoms. The highest BCUT2D eigenvalue weighted by Crippen LogP contribution is 2.29. The molecule has 2 amide bonds. The fraction of sp³-hybridized carbons (Fsp3) is 0.435. The highest BCUT2D eigenvalue weighted by Gasteiger charge is 2.34. The summed E-state index contributed by atoms with van der Waals surface area (Å²) in [7, 11) is 0. The van der Waals surface area contributed by atoms with Crippen molar-refractivity contribution in [1.82, 2.24) is 14.8 Å². The first-order chi connectivity index (χ1) is 15.7. The van der Waals surface area contributed by atoms with Gasteiger partial charge < -0.3 is 14.7 Å². The van der Waals surface area contributed by atoms with E-state index in [1.54, 1.807) is 34.1 Å². The fourth-order valence-electron chi connectivity index (χ4n) is 4.29. The maximum atomic E-state index is 13.1. The van der Waals surface area contributed by atoms with Gasteiger partial charge in [0.05, 0.1) is 11.5 Å². The second-order valence-electron chi connectivity index (χ2n) is 8.31. The van der Waals surface area contributed by atoms with E-state index in [4.69, 9.17) is 11.6 Å². The second kappa shape index (κ2) is 9.59. The van der Waals surface area contributed by atoms with E-state index in [0.29, 0.717) is 55.7 Å². The predicted molar refractivity (Wildman–Crippen MR) is 118 cm³/mol. The first-order valence-electron chi connectivity index (χ1n) is 10.8. The molecule has 0 saturated carbocycles. The summed E-state index contributed by atoms with van der Waals surface area (Å²) in [6, 6.07) is 9.10. The maximum Gasteiger partial charge on any atom is 0.417 e. The molecule has 0 unspecified atom stereocenters. The van der Waals surface area contributed by atoms with Gasteiger partial charge in [-0.05, 0) is 49.2 Å². The van der Waals surface area contributed by atoms with Crippen molar-refractivity contribution >= 4 is 29.2 Å². The number of halogens is 4. The Morgan fingerprint density at radius 2 is 1.64 bits per heavy atom. The lowest BCUT2D eigenvalue weighted by Crippen LogP contribution is -2.53. The van der Waals surface area contributed by atoms with E-state index in [1.165, 1.54) is 6.07 Å². The molecule has 2 aromatic rings. The Morgan fingerprint density at radius 1 is 0.939 bits per heavy atom. The van der Waals surface area contributed by atoms with Crippen molar-refractivity contribution in [3.63, 3.8) is 0 Å². The molecule has 1 aromatic carbocycles. The molecule has 2 aliphatic rings. The maximum absolute atomic E-state index is 13.1. The van der Waals surface area contributed by atoms with E-state index < -0.39 is 11.7 Å². The lowest BCUT2D eigenvalue weighted by Gasteiger charge is -2.39. The minimum atomic E-state index is -4.42. The molecule has 0 N–H and O–H groups in total. The number of piperidine rings is 1. The molecule has 176 valence electrons. The number of hydrogen-bond donors (Lipinski definition) is 0. The Bertz CT molecular complexity index is 990. The van der Waals surface area contributed by atoms with Crippen LogP contribution in [0.1, 0.15) is 28.8 Å². The highest BCUT2D eigenvalue weighted by atomic mass is 35.5. The molecule has 2 aliphatic heterocycles. The summed E-state index contributed by atoms with van der Waals surface area (Å²) in [6.07, 6.45) is -2.10. The van der Waals surface area contributed by atoms with Crippen molar-refractivity contribution in [2.24, 2.45) is 5.92 Å². The summed E-state index contributed by atoms with van der Waals surface area (Å²) >= 11 is 5.90. The number of benzene rings is 1. The van der Waals surface area contributed by atoms with Crippen LogP contribution >= 0.6 is 11.6 Å². The van der Waals surface area contributed by atoms with E-state index in [9.17, 15) is 22.8 Å². The van der Waals surface area contributed by atoms with Gasteiger partial charge in [0.1, 0.15) is 5.82 Å². The number of pyridine rings is 1. The fourth-order valence-corrected chi connectivity index (χ4v) is 4.42. The number of nitrogens with zero attached hydrogens (tertiary/aromatic N) is 4. The SMILES string of the molecule is O=C(c1ccc(Cl)cc1)N1CCC[C@@H](C(=O)N2CCN(c3ccc(C(F)(F)F)cn3)CC2)C1. The summed E-state index contributed by atoms with van der Waals surface area (Å²) in [6.45, 7) is 2.89. The van der Waals surface area contributed by atoms with Crippen molar-refractivity contribution in [1.29, 1.82) is 0 Å². The van der Waals surface area contributed by atoms with Crippen molar-refractivity contribution < 1.29 is 22.8 Å². The Balaban J connectivity index is 1.32. The van der Waals surface area contributed by atoms with Crippen molar-refractivity contribution in [3.05, 3.63) is 58.7 Å². The third-order valence-electron chi connectivity index (χ3n) is 6.14. The molecule has 4 rings (SSSR count). The van der Waals surface area contributed by atoms with Gasteiger partial charge in [0.25, 0.3) is 5.91 Å². The highest BCUT2D eigenvalue weighted by molar-refractivity contribution is 6.30. The van der Waals surface area contributed by atoms with Crippen molar-refractivity contribution in [3.8, 4) is 0 Å². The number of carbonyl (C=O) groups is 2. The van der Waals surface area contributed by atoms with Gasteiger partial charge in [-0.3, -0.25) is 9.59 Å². The van der Waals surface area contributed by atoms with Crippen LogP contribution in [0.15, 0.2) is 42.6 Å². The van der Waals surface area contributed by atoms with Crippen molar-refractivity contribution in [2.75, 3.05) is 44.2 Å². The summed E-state index contributed by atoms with van der Waals surface area (Å²) in [5, 5.41) is 0.559. The summed E-state index contributed by atoms with van der Waals surface area (Å²) in [5.74, 6) is 0.115. The van der Waals surface area contributed by atoms with E-state index in [0.717, 1.165) is 25.1 Å². The van der Waals surface area contributed by atoms with Gasteiger partial charge in [-0.2, -0.15) is 13.2 Å². The minimum absolute atomic E-state index is 0.0173. The van der Waals surface area contributed by atoms with Crippen LogP contribution < -0.4 is 4.90 Å². The zero-order chi connectivity index (χ0) is 23.6. The molecule has 0 radical (unpaired) electrons. The van der Waals surface area contributed by atoms with Gasteiger partial charge in [-0.15, -0.1) is 0 Å². The van der Waals surface area contributed by atoms with Crippen LogP contribution in [-0.4, -0.2) is 65.9 Å².